The number of aromatic nitrogens is 2. The molecule has 1 aromatic rings. The van der Waals surface area contributed by atoms with Crippen LogP contribution in [0.3, 0.4) is 0 Å². The summed E-state index contributed by atoms with van der Waals surface area (Å²) >= 11 is 1.63. The van der Waals surface area contributed by atoms with Crippen LogP contribution in [-0.2, 0) is 26.2 Å². The Balaban J connectivity index is 2.41. The first kappa shape index (κ1) is 12.7. The maximum absolute atomic E-state index is 12.7. The predicted molar refractivity (Wildman–Crippen MR) is 61.7 cm³/mol. The maximum atomic E-state index is 12.7. The Morgan fingerprint density at radius 3 is 2.65 bits per heavy atom. The van der Waals surface area contributed by atoms with E-state index in [9.17, 15) is 18.0 Å². The molecule has 0 N–H and O–H groups in total. The molecule has 2 heterocycles. The lowest BCUT2D eigenvalue weighted by atomic mass is 10.0. The number of nitrogens with zero attached hydrogens (tertiary/aromatic N) is 3. The van der Waals surface area contributed by atoms with Crippen molar-refractivity contribution in [1.82, 2.24) is 14.7 Å². The lowest BCUT2D eigenvalue weighted by Gasteiger charge is -2.25. The van der Waals surface area contributed by atoms with Crippen LogP contribution in [0.4, 0.5) is 18.0 Å². The molecule has 0 bridgehead atoms. The quantitative estimate of drug-likeness (QED) is 0.405. The van der Waals surface area contributed by atoms with E-state index < -0.39 is 11.9 Å². The highest BCUT2D eigenvalue weighted by Gasteiger charge is 2.40. The number of rotatable bonds is 0. The SMILES string of the molecule is Cn1nc(C(F)(F)F)c2c1CN(C(=O)I)CC2. The molecular formula is C9H9F3IN3O. The number of hydrogen-bond acceptors (Lipinski definition) is 2. The normalized spacial score (nSPS) is 15.9. The molecule has 4 nitrogen and oxygen atoms in total. The summed E-state index contributed by atoms with van der Waals surface area (Å²) in [5.41, 5.74) is -0.141. The van der Waals surface area contributed by atoms with E-state index in [1.165, 1.54) is 16.6 Å². The molecule has 0 saturated carbocycles. The van der Waals surface area contributed by atoms with E-state index in [1.54, 1.807) is 22.6 Å². The van der Waals surface area contributed by atoms with Gasteiger partial charge in [-0.1, -0.05) is 0 Å². The third-order valence-electron chi connectivity index (χ3n) is 2.76. The Morgan fingerprint density at radius 1 is 1.47 bits per heavy atom. The lowest BCUT2D eigenvalue weighted by molar-refractivity contribution is -0.142. The van der Waals surface area contributed by atoms with Gasteiger partial charge in [0.05, 0.1) is 12.2 Å². The highest BCUT2D eigenvalue weighted by molar-refractivity contribution is 14.1. The minimum absolute atomic E-state index is 0.164. The van der Waals surface area contributed by atoms with Crippen molar-refractivity contribution in [2.24, 2.45) is 7.05 Å². The molecule has 8 heteroatoms. The third-order valence-corrected chi connectivity index (χ3v) is 3.45. The number of carbonyl (C=O) groups is 1. The Labute approximate surface area is 109 Å². The summed E-state index contributed by atoms with van der Waals surface area (Å²) in [7, 11) is 1.47. The van der Waals surface area contributed by atoms with E-state index in [0.717, 1.165) is 0 Å². The second-order valence-electron chi connectivity index (χ2n) is 3.82. The number of halogens is 4. The summed E-state index contributed by atoms with van der Waals surface area (Å²) in [6.45, 7) is 0.500. The number of alkyl halides is 3. The fraction of sp³-hybridized carbons (Fsp3) is 0.556. The van der Waals surface area contributed by atoms with E-state index in [0.29, 0.717) is 12.2 Å². The molecule has 0 atom stereocenters. The first-order chi connectivity index (χ1) is 7.80. The summed E-state index contributed by atoms with van der Waals surface area (Å²) in [5, 5.41) is 3.51. The number of carbonyl (C=O) groups excluding carboxylic acids is 1. The predicted octanol–water partition coefficient (Wildman–Crippen LogP) is 2.35. The monoisotopic (exact) mass is 359 g/mol. The molecule has 0 spiro atoms. The van der Waals surface area contributed by atoms with Crippen LogP contribution in [0, 0.1) is 0 Å². The summed E-state index contributed by atoms with van der Waals surface area (Å²) in [6.07, 6.45) is -4.23. The van der Waals surface area contributed by atoms with Crippen molar-refractivity contribution >= 4 is 26.5 Å². The summed E-state index contributed by atoms with van der Waals surface area (Å²) < 4.78 is 39.1. The van der Waals surface area contributed by atoms with Crippen LogP contribution in [0.15, 0.2) is 0 Å². The molecule has 0 aromatic carbocycles. The molecule has 1 aromatic heterocycles. The Bertz CT molecular complexity index is 469. The van der Waals surface area contributed by atoms with Gasteiger partial charge < -0.3 is 4.90 Å². The Hall–Kier alpha value is -0.800. The second kappa shape index (κ2) is 4.14. The van der Waals surface area contributed by atoms with Gasteiger partial charge in [0, 0.05) is 41.7 Å². The third kappa shape index (κ3) is 2.26. The van der Waals surface area contributed by atoms with Crippen LogP contribution < -0.4 is 0 Å². The van der Waals surface area contributed by atoms with Gasteiger partial charge in [0.25, 0.3) is 3.91 Å². The van der Waals surface area contributed by atoms with E-state index in [-0.39, 0.29) is 22.4 Å². The summed E-state index contributed by atoms with van der Waals surface area (Å²) in [6, 6.07) is 0. The molecule has 2 rings (SSSR count). The van der Waals surface area contributed by atoms with Gasteiger partial charge in [-0.3, -0.25) is 9.48 Å². The molecule has 0 saturated heterocycles. The van der Waals surface area contributed by atoms with E-state index in [1.807, 2.05) is 0 Å². The van der Waals surface area contributed by atoms with Gasteiger partial charge in [-0.15, -0.1) is 0 Å². The first-order valence-corrected chi connectivity index (χ1v) is 5.95. The number of fused-ring (bicyclic) bond motifs is 1. The van der Waals surface area contributed by atoms with Crippen LogP contribution in [-0.4, -0.2) is 25.1 Å². The average molecular weight is 359 g/mol. The van der Waals surface area contributed by atoms with E-state index >= 15 is 0 Å². The van der Waals surface area contributed by atoms with Crippen molar-refractivity contribution in [3.05, 3.63) is 17.0 Å². The smallest absolute Gasteiger partial charge is 0.328 e. The lowest BCUT2D eigenvalue weighted by Crippen LogP contribution is -2.33. The highest BCUT2D eigenvalue weighted by atomic mass is 127. The van der Waals surface area contributed by atoms with E-state index in [2.05, 4.69) is 5.10 Å². The van der Waals surface area contributed by atoms with Crippen LogP contribution in [0.25, 0.3) is 0 Å². The molecule has 1 aliphatic heterocycles. The molecule has 1 amide bonds. The van der Waals surface area contributed by atoms with Crippen LogP contribution in [0.1, 0.15) is 17.0 Å². The van der Waals surface area contributed by atoms with Gasteiger partial charge in [-0.2, -0.15) is 18.3 Å². The molecular weight excluding hydrogens is 350 g/mol. The first-order valence-electron chi connectivity index (χ1n) is 4.87. The second-order valence-corrected chi connectivity index (χ2v) is 4.74. The summed E-state index contributed by atoms with van der Waals surface area (Å²) in [5.74, 6) is 0. The molecule has 1 aliphatic rings. The van der Waals surface area contributed by atoms with Crippen molar-refractivity contribution < 1.29 is 18.0 Å². The van der Waals surface area contributed by atoms with Crippen molar-refractivity contribution in [2.75, 3.05) is 6.54 Å². The zero-order valence-electron chi connectivity index (χ0n) is 8.88. The minimum Gasteiger partial charge on any atom is -0.328 e. The number of amides is 1. The van der Waals surface area contributed by atoms with Gasteiger partial charge >= 0.3 is 6.18 Å². The Morgan fingerprint density at radius 2 is 2.12 bits per heavy atom. The van der Waals surface area contributed by atoms with Crippen LogP contribution in [0.2, 0.25) is 0 Å². The van der Waals surface area contributed by atoms with Crippen molar-refractivity contribution in [1.29, 1.82) is 0 Å². The largest absolute Gasteiger partial charge is 0.435 e. The Kier molecular flexibility index (Phi) is 3.08. The fourth-order valence-electron chi connectivity index (χ4n) is 1.95. The zero-order chi connectivity index (χ0) is 12.8. The zero-order valence-corrected chi connectivity index (χ0v) is 11.0. The van der Waals surface area contributed by atoms with Crippen molar-refractivity contribution in [3.63, 3.8) is 0 Å². The molecule has 0 radical (unpaired) electrons. The van der Waals surface area contributed by atoms with Gasteiger partial charge in [0.1, 0.15) is 0 Å². The van der Waals surface area contributed by atoms with Gasteiger partial charge in [0.15, 0.2) is 5.69 Å². The summed E-state index contributed by atoms with van der Waals surface area (Å²) in [4.78, 5) is 12.7. The van der Waals surface area contributed by atoms with Gasteiger partial charge in [-0.25, -0.2) is 0 Å². The standard InChI is InChI=1S/C9H9F3IN3O/c1-15-6-4-16(8(13)17)3-2-5(6)7(14-15)9(10,11)12/h2-4H2,1H3. The fourth-order valence-corrected chi connectivity index (χ4v) is 2.36. The molecule has 94 valence electrons. The molecule has 0 aliphatic carbocycles. The van der Waals surface area contributed by atoms with Crippen LogP contribution >= 0.6 is 22.6 Å². The molecule has 17 heavy (non-hydrogen) atoms. The van der Waals surface area contributed by atoms with Crippen LogP contribution in [0.5, 0.6) is 0 Å². The van der Waals surface area contributed by atoms with Crippen molar-refractivity contribution in [3.8, 4) is 0 Å². The number of hydrogen-bond donors (Lipinski definition) is 0. The minimum atomic E-state index is -4.43. The molecule has 0 unspecified atom stereocenters. The van der Waals surface area contributed by atoms with Crippen molar-refractivity contribution in [2.45, 2.75) is 19.1 Å². The average Bonchev–Trinajstić information content (AvgIpc) is 2.55. The number of aryl methyl sites for hydroxylation is 1. The highest BCUT2D eigenvalue weighted by Crippen LogP contribution is 2.34. The maximum Gasteiger partial charge on any atom is 0.435 e. The van der Waals surface area contributed by atoms with Gasteiger partial charge in [0.2, 0.25) is 0 Å². The van der Waals surface area contributed by atoms with E-state index in [4.69, 9.17) is 0 Å². The topological polar surface area (TPSA) is 38.1 Å². The molecule has 0 fully saturated rings. The van der Waals surface area contributed by atoms with Gasteiger partial charge in [-0.05, 0) is 6.42 Å².